The summed E-state index contributed by atoms with van der Waals surface area (Å²) in [5.74, 6) is 0. The second-order valence-electron chi connectivity index (χ2n) is 5.60. The summed E-state index contributed by atoms with van der Waals surface area (Å²) in [4.78, 5) is 0. The fourth-order valence-corrected chi connectivity index (χ4v) is 2.59. The first-order valence-corrected chi connectivity index (χ1v) is 8.03. The fourth-order valence-electron chi connectivity index (χ4n) is 2.59. The van der Waals surface area contributed by atoms with Gasteiger partial charge in [-0.05, 0) is 36.5 Å². The average Bonchev–Trinajstić information content (AvgIpc) is 3.09. The third-order valence-corrected chi connectivity index (χ3v) is 3.85. The zero-order valence-corrected chi connectivity index (χ0v) is 13.1. The molecule has 0 radical (unpaired) electrons. The van der Waals surface area contributed by atoms with E-state index in [1.807, 2.05) is 29.1 Å². The lowest BCUT2D eigenvalue weighted by Gasteiger charge is -2.03. The number of hydrogen-bond acceptors (Lipinski definition) is 3. The molecule has 4 heteroatoms. The third kappa shape index (κ3) is 4.05. The Morgan fingerprint density at radius 2 is 1.61 bits per heavy atom. The lowest BCUT2D eigenvalue weighted by molar-refractivity contribution is 0.281. The summed E-state index contributed by atoms with van der Waals surface area (Å²) in [5, 5.41) is 17.3. The molecule has 0 atom stereocenters. The predicted octanol–water partition coefficient (Wildman–Crippen LogP) is 3.77. The minimum absolute atomic E-state index is 0.259. The van der Waals surface area contributed by atoms with E-state index in [4.69, 9.17) is 5.11 Å². The maximum atomic E-state index is 8.80. The Morgan fingerprint density at radius 1 is 0.826 bits per heavy atom. The molecule has 2 aromatic carbocycles. The van der Waals surface area contributed by atoms with Gasteiger partial charge in [-0.3, -0.25) is 4.68 Å². The van der Waals surface area contributed by atoms with Gasteiger partial charge in [0.2, 0.25) is 0 Å². The summed E-state index contributed by atoms with van der Waals surface area (Å²) in [6.45, 7) is 1.10. The van der Waals surface area contributed by atoms with Crippen LogP contribution in [0, 0.1) is 0 Å². The van der Waals surface area contributed by atoms with Crippen LogP contribution in [0.2, 0.25) is 0 Å². The Morgan fingerprint density at radius 3 is 2.43 bits per heavy atom. The van der Waals surface area contributed by atoms with E-state index in [1.165, 1.54) is 11.1 Å². The van der Waals surface area contributed by atoms with Crippen LogP contribution in [0.25, 0.3) is 22.4 Å². The van der Waals surface area contributed by atoms with Crippen molar-refractivity contribution in [2.45, 2.75) is 25.8 Å². The summed E-state index contributed by atoms with van der Waals surface area (Å²) in [6.07, 6.45) is 4.85. The van der Waals surface area contributed by atoms with Crippen molar-refractivity contribution in [3.63, 3.8) is 0 Å². The molecule has 0 aliphatic carbocycles. The first-order valence-electron chi connectivity index (χ1n) is 8.03. The number of unbranched alkanes of at least 4 members (excludes halogenated alkanes) is 2. The molecule has 0 spiro atoms. The summed E-state index contributed by atoms with van der Waals surface area (Å²) in [5.41, 5.74) is 4.35. The number of aliphatic hydroxyl groups is 1. The van der Waals surface area contributed by atoms with Gasteiger partial charge in [0.1, 0.15) is 5.69 Å². The van der Waals surface area contributed by atoms with Crippen molar-refractivity contribution in [2.75, 3.05) is 6.61 Å². The van der Waals surface area contributed by atoms with Crippen LogP contribution >= 0.6 is 0 Å². The Bertz CT molecular complexity index is 737. The quantitative estimate of drug-likeness (QED) is 0.676. The zero-order valence-electron chi connectivity index (χ0n) is 13.1. The molecule has 23 heavy (non-hydrogen) atoms. The predicted molar refractivity (Wildman–Crippen MR) is 91.8 cm³/mol. The van der Waals surface area contributed by atoms with Gasteiger partial charge in [0.25, 0.3) is 0 Å². The molecule has 3 aromatic rings. The highest BCUT2D eigenvalue weighted by molar-refractivity contribution is 5.70. The fraction of sp³-hybridized carbons (Fsp3) is 0.263. The molecule has 0 saturated heterocycles. The molecule has 0 bridgehead atoms. The minimum atomic E-state index is 0.259. The van der Waals surface area contributed by atoms with Gasteiger partial charge < -0.3 is 5.11 Å². The van der Waals surface area contributed by atoms with Gasteiger partial charge in [-0.1, -0.05) is 53.7 Å². The lowest BCUT2D eigenvalue weighted by atomic mass is 10.0. The highest BCUT2D eigenvalue weighted by Gasteiger charge is 2.05. The van der Waals surface area contributed by atoms with Crippen molar-refractivity contribution in [2.24, 2.45) is 0 Å². The molecular formula is C19H21N3O. The van der Waals surface area contributed by atoms with Gasteiger partial charge in [-0.15, -0.1) is 5.10 Å². The maximum Gasteiger partial charge on any atom is 0.113 e. The summed E-state index contributed by atoms with van der Waals surface area (Å²) in [7, 11) is 0. The van der Waals surface area contributed by atoms with Gasteiger partial charge in [-0.2, -0.15) is 0 Å². The van der Waals surface area contributed by atoms with E-state index in [1.54, 1.807) is 0 Å². The average molecular weight is 307 g/mol. The van der Waals surface area contributed by atoms with Gasteiger partial charge in [0, 0.05) is 18.7 Å². The Balaban J connectivity index is 1.74. The van der Waals surface area contributed by atoms with Crippen LogP contribution in [0.5, 0.6) is 0 Å². The van der Waals surface area contributed by atoms with Crippen LogP contribution in [0.3, 0.4) is 0 Å². The maximum absolute atomic E-state index is 8.80. The first kappa shape index (κ1) is 15.4. The molecule has 0 aliphatic heterocycles. The molecule has 118 valence electrons. The van der Waals surface area contributed by atoms with E-state index in [0.717, 1.165) is 37.1 Å². The number of rotatable bonds is 7. The second kappa shape index (κ2) is 7.70. The van der Waals surface area contributed by atoms with Crippen molar-refractivity contribution in [3.8, 4) is 22.4 Å². The van der Waals surface area contributed by atoms with E-state index < -0.39 is 0 Å². The molecule has 4 nitrogen and oxygen atoms in total. The minimum Gasteiger partial charge on any atom is -0.396 e. The number of aromatic nitrogens is 3. The van der Waals surface area contributed by atoms with E-state index in [9.17, 15) is 0 Å². The third-order valence-electron chi connectivity index (χ3n) is 3.85. The summed E-state index contributed by atoms with van der Waals surface area (Å²) >= 11 is 0. The van der Waals surface area contributed by atoms with Crippen LogP contribution in [-0.4, -0.2) is 26.7 Å². The topological polar surface area (TPSA) is 50.9 Å². The Hall–Kier alpha value is -2.46. The molecule has 0 saturated carbocycles. The van der Waals surface area contributed by atoms with Crippen LogP contribution in [0.4, 0.5) is 0 Å². The van der Waals surface area contributed by atoms with Crippen LogP contribution in [0.1, 0.15) is 19.3 Å². The summed E-state index contributed by atoms with van der Waals surface area (Å²) in [6, 6.07) is 18.7. The molecule has 1 aromatic heterocycles. The van der Waals surface area contributed by atoms with Crippen molar-refractivity contribution < 1.29 is 5.11 Å². The van der Waals surface area contributed by atoms with Gasteiger partial charge >= 0.3 is 0 Å². The monoisotopic (exact) mass is 307 g/mol. The second-order valence-corrected chi connectivity index (χ2v) is 5.60. The molecule has 3 rings (SSSR count). The van der Waals surface area contributed by atoms with E-state index in [-0.39, 0.29) is 6.61 Å². The largest absolute Gasteiger partial charge is 0.396 e. The normalized spacial score (nSPS) is 10.8. The van der Waals surface area contributed by atoms with Crippen molar-refractivity contribution in [1.82, 2.24) is 15.0 Å². The van der Waals surface area contributed by atoms with E-state index in [2.05, 4.69) is 46.7 Å². The zero-order chi connectivity index (χ0) is 15.9. The smallest absolute Gasteiger partial charge is 0.113 e. The molecule has 0 fully saturated rings. The van der Waals surface area contributed by atoms with Crippen LogP contribution < -0.4 is 0 Å². The highest BCUT2D eigenvalue weighted by Crippen LogP contribution is 2.24. The van der Waals surface area contributed by atoms with Crippen molar-refractivity contribution in [3.05, 3.63) is 60.8 Å². The molecule has 0 unspecified atom stereocenters. The number of nitrogens with zero attached hydrogens (tertiary/aromatic N) is 3. The molecule has 0 aliphatic rings. The van der Waals surface area contributed by atoms with E-state index in [0.29, 0.717) is 0 Å². The highest BCUT2D eigenvalue weighted by atomic mass is 16.2. The SMILES string of the molecule is OCCCCCn1cc(-c2cccc(-c3ccccc3)c2)nn1. The van der Waals surface area contributed by atoms with Crippen LogP contribution in [-0.2, 0) is 6.54 Å². The molecular weight excluding hydrogens is 286 g/mol. The lowest BCUT2D eigenvalue weighted by Crippen LogP contribution is -1.99. The van der Waals surface area contributed by atoms with Gasteiger partial charge in [0.05, 0.1) is 6.20 Å². The summed E-state index contributed by atoms with van der Waals surface area (Å²) < 4.78 is 1.88. The number of aliphatic hydroxyl groups excluding tert-OH is 1. The number of hydrogen-bond donors (Lipinski definition) is 1. The standard InChI is InChI=1S/C19H21N3O/c23-13-6-2-5-12-22-15-19(20-21-22)18-11-7-10-17(14-18)16-8-3-1-4-9-16/h1,3-4,7-11,14-15,23H,2,5-6,12-13H2. The molecule has 0 amide bonds. The van der Waals surface area contributed by atoms with Gasteiger partial charge in [0.15, 0.2) is 0 Å². The first-order chi connectivity index (χ1) is 11.4. The molecule has 1 N–H and O–H groups in total. The van der Waals surface area contributed by atoms with Crippen molar-refractivity contribution in [1.29, 1.82) is 0 Å². The van der Waals surface area contributed by atoms with Gasteiger partial charge in [-0.25, -0.2) is 0 Å². The number of aryl methyl sites for hydroxylation is 1. The number of benzene rings is 2. The Labute approximate surface area is 136 Å². The van der Waals surface area contributed by atoms with Crippen molar-refractivity contribution >= 4 is 0 Å². The molecule has 1 heterocycles. The van der Waals surface area contributed by atoms with Crippen LogP contribution in [0.15, 0.2) is 60.8 Å². The Kier molecular flexibility index (Phi) is 5.17. The van der Waals surface area contributed by atoms with E-state index >= 15 is 0 Å².